The molecule has 1 fully saturated rings. The quantitative estimate of drug-likeness (QED) is 0.296. The maximum absolute atomic E-state index is 12.6. The molecule has 0 aliphatic carbocycles. The van der Waals surface area contributed by atoms with Crippen molar-refractivity contribution in [2.24, 2.45) is 0 Å². The average Bonchev–Trinajstić information content (AvgIpc) is 3.64. The summed E-state index contributed by atoms with van der Waals surface area (Å²) in [5, 5.41) is 6.31. The molecule has 0 unspecified atom stereocenters. The molecule has 5 heterocycles. The van der Waals surface area contributed by atoms with Crippen molar-refractivity contribution in [2.75, 3.05) is 39.3 Å². The molecule has 1 aliphatic heterocycles. The maximum Gasteiger partial charge on any atom is 0.348 e. The Kier molecular flexibility index (Phi) is 6.96. The number of fused-ring (bicyclic) bond motifs is 1. The number of piperazine rings is 1. The number of hydrogen-bond donors (Lipinski definition) is 2. The van der Waals surface area contributed by atoms with Gasteiger partial charge in [-0.1, -0.05) is 12.1 Å². The first-order valence-corrected chi connectivity index (χ1v) is 13.6. The van der Waals surface area contributed by atoms with Crippen LogP contribution in [-0.2, 0) is 4.74 Å². The summed E-state index contributed by atoms with van der Waals surface area (Å²) in [4.78, 5) is 32.7. The van der Waals surface area contributed by atoms with E-state index in [1.165, 1.54) is 11.3 Å². The predicted octanol–water partition coefficient (Wildman–Crippen LogP) is 4.79. The highest BCUT2D eigenvalue weighted by molar-refractivity contribution is 7.12. The van der Waals surface area contributed by atoms with Gasteiger partial charge in [0.25, 0.3) is 0 Å². The fourth-order valence-corrected chi connectivity index (χ4v) is 5.50. The van der Waals surface area contributed by atoms with Crippen LogP contribution < -0.4 is 5.32 Å². The molecule has 0 saturated carbocycles. The van der Waals surface area contributed by atoms with E-state index in [-0.39, 0.29) is 5.97 Å². The molecule has 0 atom stereocenters. The number of esters is 1. The number of ether oxygens (including phenoxy) is 1. The Labute approximate surface area is 224 Å². The van der Waals surface area contributed by atoms with Crippen LogP contribution >= 0.6 is 11.3 Å². The van der Waals surface area contributed by atoms with E-state index in [1.54, 1.807) is 6.33 Å². The number of carbonyl (C=O) groups is 1. The highest BCUT2D eigenvalue weighted by atomic mass is 32.1. The Morgan fingerprint density at radius 3 is 2.79 bits per heavy atom. The molecule has 1 aromatic carbocycles. The zero-order valence-corrected chi connectivity index (χ0v) is 21.9. The van der Waals surface area contributed by atoms with Crippen molar-refractivity contribution in [1.82, 2.24) is 30.2 Å². The first-order chi connectivity index (χ1) is 18.6. The number of carbonyl (C=O) groups excluding carboxylic acids is 1. The molecule has 0 amide bonds. The van der Waals surface area contributed by atoms with Gasteiger partial charge in [-0.05, 0) is 54.3 Å². The lowest BCUT2D eigenvalue weighted by molar-refractivity contribution is 0.0461. The van der Waals surface area contributed by atoms with E-state index < -0.39 is 0 Å². The van der Waals surface area contributed by atoms with Crippen LogP contribution in [0.1, 0.15) is 15.4 Å². The Morgan fingerprint density at radius 1 is 1.05 bits per heavy atom. The van der Waals surface area contributed by atoms with Gasteiger partial charge < -0.3 is 15.0 Å². The first-order valence-electron chi connectivity index (χ1n) is 12.7. The van der Waals surface area contributed by atoms with Crippen LogP contribution in [0.4, 0.5) is 0 Å². The summed E-state index contributed by atoms with van der Waals surface area (Å²) in [6.45, 7) is 7.08. The summed E-state index contributed by atoms with van der Waals surface area (Å²) in [5.74, 6) is -0.275. The van der Waals surface area contributed by atoms with E-state index >= 15 is 0 Å². The Bertz CT molecular complexity index is 1590. The number of nitrogens with one attached hydrogen (secondary N) is 2. The average molecular weight is 525 g/mol. The summed E-state index contributed by atoms with van der Waals surface area (Å²) < 4.78 is 5.54. The molecule has 5 aromatic rings. The number of hydrogen-bond acceptors (Lipinski definition) is 8. The van der Waals surface area contributed by atoms with Gasteiger partial charge in [0.1, 0.15) is 11.5 Å². The molecule has 8 nitrogen and oxygen atoms in total. The summed E-state index contributed by atoms with van der Waals surface area (Å²) in [6, 6.07) is 16.1. The van der Waals surface area contributed by atoms with Crippen molar-refractivity contribution < 1.29 is 9.53 Å². The van der Waals surface area contributed by atoms with Crippen molar-refractivity contribution in [3.05, 3.63) is 77.0 Å². The topological polar surface area (TPSA) is 96.0 Å². The molecule has 1 saturated heterocycles. The summed E-state index contributed by atoms with van der Waals surface area (Å²) in [5.41, 5.74) is 7.32. The Morgan fingerprint density at radius 2 is 1.92 bits per heavy atom. The predicted molar refractivity (Wildman–Crippen MR) is 150 cm³/mol. The molecule has 0 bridgehead atoms. The van der Waals surface area contributed by atoms with Crippen molar-refractivity contribution in [1.29, 1.82) is 0 Å². The van der Waals surface area contributed by atoms with E-state index in [2.05, 4.69) is 42.3 Å². The van der Waals surface area contributed by atoms with Gasteiger partial charge >= 0.3 is 5.97 Å². The van der Waals surface area contributed by atoms with Crippen LogP contribution in [-0.4, -0.2) is 70.1 Å². The number of H-pyrrole nitrogens is 1. The van der Waals surface area contributed by atoms with Crippen LogP contribution in [0, 0.1) is 6.92 Å². The van der Waals surface area contributed by atoms with E-state index in [9.17, 15) is 4.79 Å². The largest absolute Gasteiger partial charge is 0.460 e. The van der Waals surface area contributed by atoms with Gasteiger partial charge in [0.05, 0.1) is 28.9 Å². The summed E-state index contributed by atoms with van der Waals surface area (Å²) >= 11 is 1.40. The van der Waals surface area contributed by atoms with Crippen LogP contribution in [0.3, 0.4) is 0 Å². The molecule has 6 rings (SSSR count). The lowest BCUT2D eigenvalue weighted by Crippen LogP contribution is -2.44. The molecule has 0 spiro atoms. The lowest BCUT2D eigenvalue weighted by Gasteiger charge is -2.26. The Hall–Kier alpha value is -3.92. The van der Waals surface area contributed by atoms with E-state index in [0.29, 0.717) is 11.5 Å². The van der Waals surface area contributed by atoms with Gasteiger partial charge in [0.2, 0.25) is 0 Å². The second kappa shape index (κ2) is 10.8. The van der Waals surface area contributed by atoms with Gasteiger partial charge in [-0.15, -0.1) is 11.3 Å². The Balaban J connectivity index is 1.20. The molecule has 4 aromatic heterocycles. The van der Waals surface area contributed by atoms with Crippen LogP contribution in [0.15, 0.2) is 66.4 Å². The normalized spacial score (nSPS) is 14.1. The number of benzene rings is 1. The van der Waals surface area contributed by atoms with Gasteiger partial charge in [-0.2, -0.15) is 0 Å². The minimum atomic E-state index is -0.275. The van der Waals surface area contributed by atoms with Gasteiger partial charge in [0, 0.05) is 61.1 Å². The highest BCUT2D eigenvalue weighted by Gasteiger charge is 2.16. The van der Waals surface area contributed by atoms with Gasteiger partial charge in [-0.25, -0.2) is 9.78 Å². The molecule has 0 radical (unpaired) electrons. The third-order valence-corrected chi connectivity index (χ3v) is 7.63. The molecular weight excluding hydrogens is 496 g/mol. The van der Waals surface area contributed by atoms with Crippen LogP contribution in [0.2, 0.25) is 0 Å². The standard InChI is InChI=1S/C29H28N6O2S/c1-19-3-2-4-25(34-19)28-27(32-18-33-28)20-5-6-24-21(13-20)14-22(16-31-24)23-15-26(38-17-23)29(36)37-12-11-35-9-7-30-8-10-35/h2-6,13-18,30H,7-12H2,1H3,(H,32,33). The van der Waals surface area contributed by atoms with Crippen molar-refractivity contribution >= 4 is 28.2 Å². The third-order valence-electron chi connectivity index (χ3n) is 6.72. The van der Waals surface area contributed by atoms with E-state index in [1.807, 2.05) is 54.9 Å². The second-order valence-corrected chi connectivity index (χ2v) is 10.3. The minimum Gasteiger partial charge on any atom is -0.460 e. The number of thiophene rings is 1. The van der Waals surface area contributed by atoms with Crippen LogP contribution in [0.5, 0.6) is 0 Å². The summed E-state index contributed by atoms with van der Waals surface area (Å²) in [6.07, 6.45) is 3.55. The first kappa shape index (κ1) is 24.4. The molecule has 9 heteroatoms. The van der Waals surface area contributed by atoms with Crippen LogP contribution in [0.25, 0.3) is 44.7 Å². The highest BCUT2D eigenvalue weighted by Crippen LogP contribution is 2.32. The molecular formula is C29H28N6O2S. The molecule has 2 N–H and O–H groups in total. The second-order valence-electron chi connectivity index (χ2n) is 9.35. The smallest absolute Gasteiger partial charge is 0.348 e. The monoisotopic (exact) mass is 524 g/mol. The molecule has 1 aliphatic rings. The third kappa shape index (κ3) is 5.22. The van der Waals surface area contributed by atoms with E-state index in [4.69, 9.17) is 4.74 Å². The fourth-order valence-electron chi connectivity index (χ4n) is 4.70. The number of aromatic amines is 1. The van der Waals surface area contributed by atoms with Gasteiger partial charge in [0.15, 0.2) is 0 Å². The van der Waals surface area contributed by atoms with Crippen molar-refractivity contribution in [3.63, 3.8) is 0 Å². The molecule has 192 valence electrons. The minimum absolute atomic E-state index is 0.275. The zero-order chi connectivity index (χ0) is 25.9. The van der Waals surface area contributed by atoms with Gasteiger partial charge in [-0.3, -0.25) is 14.9 Å². The molecule has 38 heavy (non-hydrogen) atoms. The lowest BCUT2D eigenvalue weighted by atomic mass is 10.0. The number of rotatable bonds is 7. The SMILES string of the molecule is Cc1cccc(-c2[nH]cnc2-c2ccc3ncc(-c4csc(C(=O)OCCN5CCNCC5)c4)cc3c2)n1. The number of aromatic nitrogens is 4. The van der Waals surface area contributed by atoms with E-state index in [0.717, 1.165) is 83.1 Å². The number of aryl methyl sites for hydroxylation is 1. The number of nitrogens with zero attached hydrogens (tertiary/aromatic N) is 4. The zero-order valence-electron chi connectivity index (χ0n) is 21.1. The fraction of sp³-hybridized carbons (Fsp3) is 0.241. The number of pyridine rings is 2. The number of imidazole rings is 1. The summed E-state index contributed by atoms with van der Waals surface area (Å²) in [7, 11) is 0. The van der Waals surface area contributed by atoms with Crippen molar-refractivity contribution in [2.45, 2.75) is 6.92 Å². The maximum atomic E-state index is 12.6. The van der Waals surface area contributed by atoms with Crippen molar-refractivity contribution in [3.8, 4) is 33.8 Å².